The fraction of sp³-hybridized carbons (Fsp3) is 0.500. The molecule has 1 rings (SSSR count). The van der Waals surface area contributed by atoms with Gasteiger partial charge in [-0.1, -0.05) is 26.7 Å². The maximum atomic E-state index is 11.9. The van der Waals surface area contributed by atoms with Gasteiger partial charge in [-0.2, -0.15) is 0 Å². The van der Waals surface area contributed by atoms with Gasteiger partial charge in [0.15, 0.2) is 0 Å². The van der Waals surface area contributed by atoms with Gasteiger partial charge in [0.2, 0.25) is 5.78 Å². The lowest BCUT2D eigenvalue weighted by Gasteiger charge is -2.20. The highest BCUT2D eigenvalue weighted by molar-refractivity contribution is 6.42. The Labute approximate surface area is 125 Å². The van der Waals surface area contributed by atoms with E-state index in [1.165, 1.54) is 19.2 Å². The molecule has 0 saturated heterocycles. The first kappa shape index (κ1) is 17.2. The van der Waals surface area contributed by atoms with Crippen LogP contribution in [0.1, 0.15) is 37.0 Å². The number of Topliss-reactive ketones (excluding diaryl/α,β-unsaturated/α-hetero) is 1. The van der Waals surface area contributed by atoms with E-state index in [2.05, 4.69) is 5.32 Å². The average Bonchev–Trinajstić information content (AvgIpc) is 2.53. The molecule has 0 aliphatic heterocycles. The Bertz CT molecular complexity index is 466. The number of hydrogen-bond donors (Lipinski definition) is 2. The van der Waals surface area contributed by atoms with Crippen LogP contribution >= 0.6 is 0 Å². The number of benzene rings is 1. The molecule has 1 aromatic carbocycles. The highest BCUT2D eigenvalue weighted by atomic mass is 16.5. The Balaban J connectivity index is 2.56. The number of hydrogen-bond acceptors (Lipinski definition) is 4. The summed E-state index contributed by atoms with van der Waals surface area (Å²) in [6.45, 7) is 4.07. The zero-order valence-electron chi connectivity index (χ0n) is 12.8. The van der Waals surface area contributed by atoms with Crippen LogP contribution in [0.5, 0.6) is 5.75 Å². The van der Waals surface area contributed by atoms with Crippen LogP contribution in [-0.4, -0.2) is 36.6 Å². The van der Waals surface area contributed by atoms with Crippen molar-refractivity contribution < 1.29 is 19.4 Å². The normalized spacial score (nSPS) is 12.0. The third-order valence-electron chi connectivity index (χ3n) is 3.62. The predicted octanol–water partition coefficient (Wildman–Crippen LogP) is 1.79. The van der Waals surface area contributed by atoms with E-state index in [1.807, 2.05) is 13.8 Å². The molecule has 0 saturated carbocycles. The van der Waals surface area contributed by atoms with E-state index in [-0.39, 0.29) is 12.5 Å². The van der Waals surface area contributed by atoms with Gasteiger partial charge in [0.05, 0.1) is 13.2 Å². The third-order valence-corrected chi connectivity index (χ3v) is 3.62. The Morgan fingerprint density at radius 3 is 2.24 bits per heavy atom. The highest BCUT2D eigenvalue weighted by Crippen LogP contribution is 2.13. The minimum Gasteiger partial charge on any atom is -0.497 e. The van der Waals surface area contributed by atoms with Crippen LogP contribution in [0, 0.1) is 5.92 Å². The predicted molar refractivity (Wildman–Crippen MR) is 80.4 cm³/mol. The molecular weight excluding hydrogens is 270 g/mol. The number of rotatable bonds is 8. The lowest BCUT2D eigenvalue weighted by Crippen LogP contribution is -2.39. The zero-order chi connectivity index (χ0) is 15.8. The van der Waals surface area contributed by atoms with Crippen LogP contribution in [-0.2, 0) is 4.79 Å². The number of ether oxygens (including phenoxy) is 1. The molecule has 0 fully saturated rings. The van der Waals surface area contributed by atoms with Crippen molar-refractivity contribution in [2.24, 2.45) is 5.92 Å². The van der Waals surface area contributed by atoms with Gasteiger partial charge in [-0.25, -0.2) is 0 Å². The fourth-order valence-electron chi connectivity index (χ4n) is 2.15. The lowest BCUT2D eigenvalue weighted by molar-refractivity contribution is -0.117. The lowest BCUT2D eigenvalue weighted by atomic mass is 9.96. The summed E-state index contributed by atoms with van der Waals surface area (Å²) in [5, 5.41) is 12.4. The monoisotopic (exact) mass is 293 g/mol. The average molecular weight is 293 g/mol. The first-order valence-electron chi connectivity index (χ1n) is 7.18. The first-order chi connectivity index (χ1) is 10.0. The molecule has 1 aromatic rings. The number of nitrogens with one attached hydrogen (secondary N) is 1. The molecular formula is C16H23NO4. The van der Waals surface area contributed by atoms with Gasteiger partial charge >= 0.3 is 0 Å². The third kappa shape index (κ3) is 4.86. The summed E-state index contributed by atoms with van der Waals surface area (Å²) in [5.74, 6) is -0.572. The van der Waals surface area contributed by atoms with Crippen molar-refractivity contribution in [3.8, 4) is 5.75 Å². The molecule has 0 heterocycles. The van der Waals surface area contributed by atoms with E-state index in [1.54, 1.807) is 12.1 Å². The van der Waals surface area contributed by atoms with Crippen molar-refractivity contribution in [1.29, 1.82) is 0 Å². The van der Waals surface area contributed by atoms with Crippen LogP contribution in [0.4, 0.5) is 0 Å². The van der Waals surface area contributed by atoms with E-state index in [0.29, 0.717) is 11.3 Å². The SMILES string of the molecule is CCC(CC)C(O)CNC(=O)C(=O)c1ccc(OC)cc1. The molecule has 5 heteroatoms. The molecule has 21 heavy (non-hydrogen) atoms. The fourth-order valence-corrected chi connectivity index (χ4v) is 2.15. The minimum atomic E-state index is -0.704. The molecule has 0 spiro atoms. The number of aliphatic hydroxyl groups is 1. The van der Waals surface area contributed by atoms with Crippen LogP contribution in [0.15, 0.2) is 24.3 Å². The molecule has 1 atom stereocenters. The van der Waals surface area contributed by atoms with E-state index in [4.69, 9.17) is 4.74 Å². The largest absolute Gasteiger partial charge is 0.497 e. The Morgan fingerprint density at radius 1 is 1.19 bits per heavy atom. The van der Waals surface area contributed by atoms with Gasteiger partial charge in [-0.15, -0.1) is 0 Å². The number of methoxy groups -OCH3 is 1. The first-order valence-corrected chi connectivity index (χ1v) is 7.18. The summed E-state index contributed by atoms with van der Waals surface area (Å²) in [5.41, 5.74) is 0.297. The maximum Gasteiger partial charge on any atom is 0.292 e. The van der Waals surface area contributed by atoms with E-state index < -0.39 is 17.8 Å². The Hall–Kier alpha value is -1.88. The molecule has 5 nitrogen and oxygen atoms in total. The topological polar surface area (TPSA) is 75.6 Å². The Kier molecular flexibility index (Phi) is 6.88. The van der Waals surface area contributed by atoms with Crippen molar-refractivity contribution in [2.45, 2.75) is 32.8 Å². The minimum absolute atomic E-state index is 0.0904. The number of carbonyl (C=O) groups excluding carboxylic acids is 2. The smallest absolute Gasteiger partial charge is 0.292 e. The molecule has 0 aliphatic rings. The number of ketones is 1. The summed E-state index contributed by atoms with van der Waals surface area (Å²) in [6.07, 6.45) is 1.03. The maximum absolute atomic E-state index is 11.9. The highest BCUT2D eigenvalue weighted by Gasteiger charge is 2.20. The Morgan fingerprint density at radius 2 is 1.76 bits per heavy atom. The van der Waals surface area contributed by atoms with Crippen molar-refractivity contribution in [3.05, 3.63) is 29.8 Å². The second kappa shape index (κ2) is 8.42. The molecule has 116 valence electrons. The molecule has 0 aliphatic carbocycles. The molecule has 1 amide bonds. The van der Waals surface area contributed by atoms with Crippen LogP contribution in [0.2, 0.25) is 0 Å². The number of amides is 1. The van der Waals surface area contributed by atoms with Gasteiger partial charge in [-0.3, -0.25) is 9.59 Å². The van der Waals surface area contributed by atoms with Gasteiger partial charge in [0, 0.05) is 12.1 Å². The van der Waals surface area contributed by atoms with Crippen LogP contribution in [0.25, 0.3) is 0 Å². The summed E-state index contributed by atoms with van der Waals surface area (Å²) < 4.78 is 4.99. The van der Waals surface area contributed by atoms with Crippen molar-refractivity contribution >= 4 is 11.7 Å². The summed E-state index contributed by atoms with van der Waals surface area (Å²) in [4.78, 5) is 23.7. The summed E-state index contributed by atoms with van der Waals surface area (Å²) in [7, 11) is 1.53. The second-order valence-electron chi connectivity index (χ2n) is 4.91. The number of aliphatic hydroxyl groups excluding tert-OH is 1. The van der Waals surface area contributed by atoms with Gasteiger partial charge in [-0.05, 0) is 30.2 Å². The van der Waals surface area contributed by atoms with Gasteiger partial charge in [0.1, 0.15) is 5.75 Å². The van der Waals surface area contributed by atoms with Crippen molar-refractivity contribution in [1.82, 2.24) is 5.32 Å². The summed E-state index contributed by atoms with van der Waals surface area (Å²) >= 11 is 0. The molecule has 0 bridgehead atoms. The molecule has 0 radical (unpaired) electrons. The number of carbonyl (C=O) groups is 2. The second-order valence-corrected chi connectivity index (χ2v) is 4.91. The van der Waals surface area contributed by atoms with Crippen LogP contribution < -0.4 is 10.1 Å². The van der Waals surface area contributed by atoms with E-state index in [9.17, 15) is 14.7 Å². The molecule has 2 N–H and O–H groups in total. The zero-order valence-corrected chi connectivity index (χ0v) is 12.8. The van der Waals surface area contributed by atoms with Gasteiger partial charge in [0.25, 0.3) is 5.91 Å². The molecule has 0 aromatic heterocycles. The standard InChI is InChI=1S/C16H23NO4/c1-4-11(5-2)14(18)10-17-16(20)15(19)12-6-8-13(21-3)9-7-12/h6-9,11,14,18H,4-5,10H2,1-3H3,(H,17,20). The van der Waals surface area contributed by atoms with Crippen molar-refractivity contribution in [2.75, 3.05) is 13.7 Å². The van der Waals surface area contributed by atoms with E-state index in [0.717, 1.165) is 12.8 Å². The van der Waals surface area contributed by atoms with Gasteiger partial charge < -0.3 is 15.2 Å². The van der Waals surface area contributed by atoms with E-state index >= 15 is 0 Å². The summed E-state index contributed by atoms with van der Waals surface area (Å²) in [6, 6.07) is 6.33. The van der Waals surface area contributed by atoms with Crippen molar-refractivity contribution in [3.63, 3.8) is 0 Å². The quantitative estimate of drug-likeness (QED) is 0.566. The molecule has 1 unspecified atom stereocenters. The van der Waals surface area contributed by atoms with Crippen LogP contribution in [0.3, 0.4) is 0 Å².